The van der Waals surface area contributed by atoms with Gasteiger partial charge in [-0.3, -0.25) is 4.79 Å². The van der Waals surface area contributed by atoms with Crippen LogP contribution in [0.15, 0.2) is 27.0 Å². The molecule has 0 atom stereocenters. The van der Waals surface area contributed by atoms with Crippen molar-refractivity contribution in [2.45, 2.75) is 6.61 Å². The number of carboxylic acid groups (broad SMARTS) is 1. The zero-order valence-electron chi connectivity index (χ0n) is 10.7. The van der Waals surface area contributed by atoms with E-state index in [1.807, 2.05) is 22.2 Å². The number of carbonyl (C=O) groups is 1. The molecule has 0 bridgehead atoms. The molecule has 108 valence electrons. The van der Waals surface area contributed by atoms with Crippen LogP contribution in [0.1, 0.15) is 5.82 Å². The molecule has 3 aromatic heterocycles. The third-order valence-electron chi connectivity index (χ3n) is 2.79. The predicted molar refractivity (Wildman–Crippen MR) is 80.8 cm³/mol. The van der Waals surface area contributed by atoms with E-state index in [1.54, 1.807) is 11.3 Å². The summed E-state index contributed by atoms with van der Waals surface area (Å²) in [7, 11) is 0. The van der Waals surface area contributed by atoms with E-state index in [2.05, 4.69) is 9.97 Å². The van der Waals surface area contributed by atoms with E-state index < -0.39 is 12.6 Å². The molecule has 3 rings (SSSR count). The van der Waals surface area contributed by atoms with Crippen molar-refractivity contribution in [2.75, 3.05) is 6.61 Å². The summed E-state index contributed by atoms with van der Waals surface area (Å²) >= 11 is 2.95. The number of rotatable bonds is 5. The van der Waals surface area contributed by atoms with Gasteiger partial charge in [0.2, 0.25) is 0 Å². The second-order valence-corrected chi connectivity index (χ2v) is 5.88. The van der Waals surface area contributed by atoms with Gasteiger partial charge < -0.3 is 14.8 Å². The number of ether oxygens (including phenoxy) is 1. The molecule has 0 aliphatic carbocycles. The fraction of sp³-hybridized carbons (Fsp3) is 0.154. The Labute approximate surface area is 126 Å². The fourth-order valence-electron chi connectivity index (χ4n) is 1.93. The van der Waals surface area contributed by atoms with Gasteiger partial charge in [0.25, 0.3) is 5.56 Å². The van der Waals surface area contributed by atoms with Crippen LogP contribution in [0.4, 0.5) is 0 Å². The smallest absolute Gasteiger partial charge is 0.329 e. The Hall–Kier alpha value is -2.03. The molecule has 6 nitrogen and oxygen atoms in total. The van der Waals surface area contributed by atoms with Gasteiger partial charge in [-0.2, -0.15) is 11.3 Å². The second kappa shape index (κ2) is 5.76. The highest BCUT2D eigenvalue weighted by Crippen LogP contribution is 2.31. The van der Waals surface area contributed by atoms with E-state index >= 15 is 0 Å². The van der Waals surface area contributed by atoms with Gasteiger partial charge in [-0.15, -0.1) is 11.3 Å². The van der Waals surface area contributed by atoms with Gasteiger partial charge >= 0.3 is 5.97 Å². The summed E-state index contributed by atoms with van der Waals surface area (Å²) in [5.41, 5.74) is 1.62. The number of hydrogen-bond donors (Lipinski definition) is 2. The average molecular weight is 322 g/mol. The standard InChI is InChI=1S/C13H10N2O4S2/c16-10(17)4-19-3-9-14-12(18)11-8(6-21-13(11)15-9)7-1-2-20-5-7/h1-2,5-6H,3-4H2,(H,16,17)(H,14,15,18). The number of fused-ring (bicyclic) bond motifs is 1. The predicted octanol–water partition coefficient (Wildman–Crippen LogP) is 2.31. The van der Waals surface area contributed by atoms with Crippen LogP contribution >= 0.6 is 22.7 Å². The number of aromatic nitrogens is 2. The van der Waals surface area contributed by atoms with Crippen molar-refractivity contribution in [1.82, 2.24) is 9.97 Å². The Balaban J connectivity index is 1.95. The first-order chi connectivity index (χ1) is 10.1. The zero-order chi connectivity index (χ0) is 14.8. The SMILES string of the molecule is O=C(O)COCc1nc2scc(-c3ccsc3)c2c(=O)[nH]1. The fourth-order valence-corrected chi connectivity index (χ4v) is 3.55. The van der Waals surface area contributed by atoms with Crippen LogP contribution < -0.4 is 5.56 Å². The number of nitrogens with one attached hydrogen (secondary N) is 1. The molecule has 0 saturated heterocycles. The summed E-state index contributed by atoms with van der Waals surface area (Å²) in [6.45, 7) is -0.463. The molecule has 0 saturated carbocycles. The molecular weight excluding hydrogens is 312 g/mol. The lowest BCUT2D eigenvalue weighted by Gasteiger charge is -2.01. The van der Waals surface area contributed by atoms with Gasteiger partial charge in [-0.25, -0.2) is 9.78 Å². The zero-order valence-corrected chi connectivity index (χ0v) is 12.3. The topological polar surface area (TPSA) is 92.3 Å². The Bertz CT molecular complexity index is 836. The number of thiophene rings is 2. The van der Waals surface area contributed by atoms with E-state index in [9.17, 15) is 9.59 Å². The summed E-state index contributed by atoms with van der Waals surface area (Å²) in [6, 6.07) is 1.95. The molecule has 3 heterocycles. The molecule has 0 fully saturated rings. The quantitative estimate of drug-likeness (QED) is 0.752. The summed E-state index contributed by atoms with van der Waals surface area (Å²) in [5.74, 6) is -0.734. The van der Waals surface area contributed by atoms with Crippen molar-refractivity contribution in [3.63, 3.8) is 0 Å². The Morgan fingerprint density at radius 2 is 2.29 bits per heavy atom. The first-order valence-electron chi connectivity index (χ1n) is 5.97. The maximum atomic E-state index is 12.2. The highest BCUT2D eigenvalue weighted by Gasteiger charge is 2.13. The summed E-state index contributed by atoms with van der Waals surface area (Å²) in [5, 5.41) is 14.9. The molecule has 0 aromatic carbocycles. The third-order valence-corrected chi connectivity index (χ3v) is 4.34. The normalized spacial score (nSPS) is 11.0. The molecule has 0 aliphatic heterocycles. The van der Waals surface area contributed by atoms with E-state index in [1.165, 1.54) is 11.3 Å². The highest BCUT2D eigenvalue weighted by molar-refractivity contribution is 7.17. The number of hydrogen-bond acceptors (Lipinski definition) is 6. The number of carboxylic acids is 1. The van der Waals surface area contributed by atoms with Crippen molar-refractivity contribution >= 4 is 38.9 Å². The number of H-pyrrole nitrogens is 1. The third kappa shape index (κ3) is 2.87. The molecular formula is C13H10N2O4S2. The summed E-state index contributed by atoms with van der Waals surface area (Å²) in [6.07, 6.45) is 0. The van der Waals surface area contributed by atoms with Crippen LogP contribution in [0, 0.1) is 0 Å². The lowest BCUT2D eigenvalue weighted by molar-refractivity contribution is -0.142. The lowest BCUT2D eigenvalue weighted by Crippen LogP contribution is -2.14. The molecule has 0 radical (unpaired) electrons. The Morgan fingerprint density at radius 1 is 1.43 bits per heavy atom. The Morgan fingerprint density at radius 3 is 3.00 bits per heavy atom. The maximum Gasteiger partial charge on any atom is 0.329 e. The van der Waals surface area contributed by atoms with Crippen LogP contribution in [0.3, 0.4) is 0 Å². The monoisotopic (exact) mass is 322 g/mol. The molecule has 8 heteroatoms. The highest BCUT2D eigenvalue weighted by atomic mass is 32.1. The Kier molecular flexibility index (Phi) is 3.82. The van der Waals surface area contributed by atoms with Gasteiger partial charge in [0.05, 0.1) is 5.39 Å². The molecule has 0 aliphatic rings. The average Bonchev–Trinajstić information content (AvgIpc) is 3.06. The van der Waals surface area contributed by atoms with Crippen LogP contribution in [-0.4, -0.2) is 27.7 Å². The van der Waals surface area contributed by atoms with E-state index in [0.29, 0.717) is 16.0 Å². The molecule has 3 aromatic rings. The van der Waals surface area contributed by atoms with Gasteiger partial charge in [0.15, 0.2) is 0 Å². The largest absolute Gasteiger partial charge is 0.480 e. The lowest BCUT2D eigenvalue weighted by atomic mass is 10.1. The van der Waals surface area contributed by atoms with Crippen LogP contribution in [0.25, 0.3) is 21.3 Å². The van der Waals surface area contributed by atoms with Gasteiger partial charge in [-0.1, -0.05) is 0 Å². The van der Waals surface area contributed by atoms with E-state index in [0.717, 1.165) is 11.1 Å². The van der Waals surface area contributed by atoms with Crippen molar-refractivity contribution in [2.24, 2.45) is 0 Å². The van der Waals surface area contributed by atoms with Gasteiger partial charge in [0, 0.05) is 10.9 Å². The minimum Gasteiger partial charge on any atom is -0.480 e. The van der Waals surface area contributed by atoms with E-state index in [4.69, 9.17) is 9.84 Å². The molecule has 0 unspecified atom stereocenters. The first-order valence-corrected chi connectivity index (χ1v) is 7.80. The molecule has 0 amide bonds. The van der Waals surface area contributed by atoms with Crippen molar-refractivity contribution < 1.29 is 14.6 Å². The molecule has 0 spiro atoms. The summed E-state index contributed by atoms with van der Waals surface area (Å²) in [4.78, 5) is 30.2. The summed E-state index contributed by atoms with van der Waals surface area (Å²) < 4.78 is 4.94. The molecule has 2 N–H and O–H groups in total. The maximum absolute atomic E-state index is 12.2. The second-order valence-electron chi connectivity index (χ2n) is 4.24. The van der Waals surface area contributed by atoms with Crippen molar-refractivity contribution in [1.29, 1.82) is 0 Å². The van der Waals surface area contributed by atoms with Crippen LogP contribution in [-0.2, 0) is 16.1 Å². The number of nitrogens with zero attached hydrogens (tertiary/aromatic N) is 1. The van der Waals surface area contributed by atoms with E-state index in [-0.39, 0.29) is 12.2 Å². The number of aromatic amines is 1. The minimum atomic E-state index is -1.06. The van der Waals surface area contributed by atoms with Crippen molar-refractivity contribution in [3.05, 3.63) is 38.4 Å². The van der Waals surface area contributed by atoms with Crippen LogP contribution in [0.5, 0.6) is 0 Å². The number of aliphatic carboxylic acids is 1. The minimum absolute atomic E-state index is 0.0385. The first kappa shape index (κ1) is 13.9. The molecule has 21 heavy (non-hydrogen) atoms. The van der Waals surface area contributed by atoms with Crippen LogP contribution in [0.2, 0.25) is 0 Å². The van der Waals surface area contributed by atoms with Gasteiger partial charge in [0.1, 0.15) is 23.9 Å². The van der Waals surface area contributed by atoms with Crippen molar-refractivity contribution in [3.8, 4) is 11.1 Å². The van der Waals surface area contributed by atoms with Gasteiger partial charge in [-0.05, 0) is 22.4 Å².